The van der Waals surface area contributed by atoms with Gasteiger partial charge in [-0.3, -0.25) is 0 Å². The summed E-state index contributed by atoms with van der Waals surface area (Å²) in [4.78, 5) is 0. The largest absolute Gasteiger partial charge is 0.534 e. The number of allylic oxidation sites excluding steroid dienone is 1. The molecule has 0 fully saturated rings. The molecule has 9 heteroatoms. The van der Waals surface area contributed by atoms with E-state index in [4.69, 9.17) is 4.43 Å². The van der Waals surface area contributed by atoms with Gasteiger partial charge in [-0.05, 0) is 42.0 Å². The van der Waals surface area contributed by atoms with Crippen LogP contribution in [0.2, 0.25) is 18.1 Å². The Hall–Kier alpha value is -0.543. The van der Waals surface area contributed by atoms with Crippen LogP contribution < -0.4 is 0 Å². The van der Waals surface area contributed by atoms with Crippen LogP contribution in [-0.2, 0) is 18.7 Å². The number of hydrogen-bond donors (Lipinski definition) is 0. The summed E-state index contributed by atoms with van der Waals surface area (Å²) in [5.41, 5.74) is -5.40. The maximum Gasteiger partial charge on any atom is 0.534 e. The third-order valence-electron chi connectivity index (χ3n) is 5.24. The van der Waals surface area contributed by atoms with Crippen molar-refractivity contribution >= 4 is 18.4 Å². The van der Waals surface area contributed by atoms with Gasteiger partial charge in [0.05, 0.1) is 6.61 Å². The first-order valence-corrected chi connectivity index (χ1v) is 12.6. The fourth-order valence-electron chi connectivity index (χ4n) is 2.39. The van der Waals surface area contributed by atoms with E-state index in [1.807, 2.05) is 26.9 Å². The molecule has 0 aliphatic heterocycles. The van der Waals surface area contributed by atoms with Gasteiger partial charge < -0.3 is 8.61 Å². The van der Waals surface area contributed by atoms with Crippen molar-refractivity contribution in [2.75, 3.05) is 6.61 Å². The molecule has 0 heterocycles. The summed E-state index contributed by atoms with van der Waals surface area (Å²) in [5.74, 6) is -0.118. The maximum absolute atomic E-state index is 12.7. The minimum Gasteiger partial charge on any atom is -0.413 e. The Morgan fingerprint density at radius 2 is 1.68 bits per heavy atom. The van der Waals surface area contributed by atoms with Crippen molar-refractivity contribution in [3.05, 3.63) is 11.3 Å². The van der Waals surface area contributed by atoms with Gasteiger partial charge in [-0.15, -0.1) is 0 Å². The van der Waals surface area contributed by atoms with Crippen molar-refractivity contribution in [1.82, 2.24) is 0 Å². The lowest BCUT2D eigenvalue weighted by Crippen LogP contribution is -2.42. The van der Waals surface area contributed by atoms with Crippen LogP contribution in [0.4, 0.5) is 13.2 Å². The van der Waals surface area contributed by atoms with Gasteiger partial charge in [-0.1, -0.05) is 34.6 Å². The molecular weight excluding hydrogens is 373 g/mol. The summed E-state index contributed by atoms with van der Waals surface area (Å²) in [5, 5.41) is -0.0641. The quantitative estimate of drug-likeness (QED) is 0.354. The summed E-state index contributed by atoms with van der Waals surface area (Å²) in [6.07, 6.45) is 1.47. The molecule has 0 aromatic heterocycles. The van der Waals surface area contributed by atoms with Crippen LogP contribution in [0.1, 0.15) is 53.9 Å². The highest BCUT2D eigenvalue weighted by atomic mass is 32.2. The summed E-state index contributed by atoms with van der Waals surface area (Å²) in [6, 6.07) is 0. The molecule has 0 saturated heterocycles. The van der Waals surface area contributed by atoms with E-state index in [0.29, 0.717) is 12.0 Å². The molecule has 4 nitrogen and oxygen atoms in total. The molecule has 25 heavy (non-hydrogen) atoms. The first-order valence-electron chi connectivity index (χ1n) is 8.28. The number of halogens is 3. The molecule has 0 saturated carbocycles. The van der Waals surface area contributed by atoms with Gasteiger partial charge in [0.15, 0.2) is 8.32 Å². The highest BCUT2D eigenvalue weighted by Crippen LogP contribution is 2.44. The van der Waals surface area contributed by atoms with Crippen LogP contribution in [0.15, 0.2) is 11.3 Å². The minimum atomic E-state index is -5.66. The van der Waals surface area contributed by atoms with Gasteiger partial charge in [0.1, 0.15) is 5.76 Å². The third kappa shape index (κ3) is 5.23. The lowest BCUT2D eigenvalue weighted by atomic mass is 9.75. The molecule has 0 aromatic rings. The normalized spacial score (nSPS) is 19.9. The molecule has 0 radical (unpaired) electrons. The number of rotatable bonds is 5. The zero-order chi connectivity index (χ0) is 19.9. The second kappa shape index (κ2) is 6.88. The zero-order valence-corrected chi connectivity index (χ0v) is 17.8. The average Bonchev–Trinajstić information content (AvgIpc) is 2.33. The first-order chi connectivity index (χ1) is 10.9. The molecule has 1 aliphatic rings. The average molecular weight is 403 g/mol. The van der Waals surface area contributed by atoms with Crippen molar-refractivity contribution in [2.24, 2.45) is 5.41 Å². The predicted molar refractivity (Wildman–Crippen MR) is 93.9 cm³/mol. The summed E-state index contributed by atoms with van der Waals surface area (Å²) in [7, 11) is -7.80. The minimum absolute atomic E-state index is 0.0641. The maximum atomic E-state index is 12.7. The van der Waals surface area contributed by atoms with Crippen LogP contribution >= 0.6 is 0 Å². The zero-order valence-electron chi connectivity index (χ0n) is 16.0. The molecule has 0 spiro atoms. The van der Waals surface area contributed by atoms with Crippen LogP contribution in [0, 0.1) is 5.41 Å². The predicted octanol–water partition coefficient (Wildman–Crippen LogP) is 5.34. The van der Waals surface area contributed by atoms with E-state index in [1.54, 1.807) is 0 Å². The number of alkyl halides is 3. The van der Waals surface area contributed by atoms with Gasteiger partial charge in [0.25, 0.3) is 0 Å². The highest BCUT2D eigenvalue weighted by Gasteiger charge is 2.50. The Labute approximate surface area is 150 Å². The van der Waals surface area contributed by atoms with Crippen molar-refractivity contribution in [3.63, 3.8) is 0 Å². The molecule has 0 unspecified atom stereocenters. The molecule has 0 atom stereocenters. The lowest BCUT2D eigenvalue weighted by Gasteiger charge is -2.40. The molecule has 0 amide bonds. The Kier molecular flexibility index (Phi) is 6.19. The van der Waals surface area contributed by atoms with E-state index >= 15 is 0 Å². The Balaban J connectivity index is 3.20. The molecule has 0 N–H and O–H groups in total. The second-order valence-corrected chi connectivity index (χ2v) is 15.0. The fourth-order valence-corrected chi connectivity index (χ4v) is 3.87. The summed E-state index contributed by atoms with van der Waals surface area (Å²) >= 11 is 0. The van der Waals surface area contributed by atoms with Crippen molar-refractivity contribution < 1.29 is 30.2 Å². The van der Waals surface area contributed by atoms with Crippen molar-refractivity contribution in [3.8, 4) is 0 Å². The van der Waals surface area contributed by atoms with Crippen molar-refractivity contribution in [1.29, 1.82) is 0 Å². The fraction of sp³-hybridized carbons (Fsp3) is 0.875. The van der Waals surface area contributed by atoms with Gasteiger partial charge in [-0.25, -0.2) is 0 Å². The van der Waals surface area contributed by atoms with E-state index in [-0.39, 0.29) is 23.8 Å². The Morgan fingerprint density at radius 3 is 2.12 bits per heavy atom. The molecule has 1 rings (SSSR count). The Morgan fingerprint density at radius 1 is 1.16 bits per heavy atom. The molecular formula is C16H29F3O4SSi. The molecule has 1 aliphatic carbocycles. The molecule has 0 aromatic carbocycles. The standard InChI is InChI=1S/C16H29F3O4SSi/c1-14(2,3)25(6,7)22-11-12-13(9-8-10-15(12,4)5)23-24(20,21)16(17,18)19/h8-11H2,1-7H3. The molecule has 148 valence electrons. The van der Waals surface area contributed by atoms with Crippen LogP contribution in [0.25, 0.3) is 0 Å². The van der Waals surface area contributed by atoms with Crippen molar-refractivity contribution in [2.45, 2.75) is 77.5 Å². The lowest BCUT2D eigenvalue weighted by molar-refractivity contribution is -0.0526. The van der Waals surface area contributed by atoms with E-state index < -0.39 is 29.4 Å². The van der Waals surface area contributed by atoms with Gasteiger partial charge >= 0.3 is 15.6 Å². The van der Waals surface area contributed by atoms with Gasteiger partial charge in [-0.2, -0.15) is 21.6 Å². The SMILES string of the molecule is CC1(C)CCCC(OS(=O)(=O)C(F)(F)F)=C1CO[Si](C)(C)C(C)(C)C. The van der Waals surface area contributed by atoms with E-state index in [0.717, 1.165) is 6.42 Å². The summed E-state index contributed by atoms with van der Waals surface area (Å²) < 4.78 is 71.5. The van der Waals surface area contributed by atoms with Gasteiger partial charge in [0, 0.05) is 6.42 Å². The Bertz CT molecular complexity index is 629. The number of hydrogen-bond acceptors (Lipinski definition) is 4. The smallest absolute Gasteiger partial charge is 0.413 e. The topological polar surface area (TPSA) is 52.6 Å². The summed E-state index contributed by atoms with van der Waals surface area (Å²) in [6.45, 7) is 14.1. The van der Waals surface area contributed by atoms with Crippen LogP contribution in [0.3, 0.4) is 0 Å². The van der Waals surface area contributed by atoms with Gasteiger partial charge in [0.2, 0.25) is 0 Å². The molecule has 0 bridgehead atoms. The third-order valence-corrected chi connectivity index (χ3v) is 10.7. The first kappa shape index (κ1) is 22.5. The monoisotopic (exact) mass is 402 g/mol. The van der Waals surface area contributed by atoms with E-state index in [1.165, 1.54) is 0 Å². The van der Waals surface area contributed by atoms with E-state index in [2.05, 4.69) is 25.0 Å². The van der Waals surface area contributed by atoms with E-state index in [9.17, 15) is 21.6 Å². The highest BCUT2D eigenvalue weighted by molar-refractivity contribution is 7.87. The van der Waals surface area contributed by atoms with Crippen LogP contribution in [0.5, 0.6) is 0 Å². The van der Waals surface area contributed by atoms with Crippen LogP contribution in [-0.4, -0.2) is 28.9 Å². The second-order valence-electron chi connectivity index (χ2n) is 8.67.